The molecule has 5 heteroatoms. The highest BCUT2D eigenvalue weighted by molar-refractivity contribution is 7.80. The molecule has 3 N–H and O–H groups in total. The fraction of sp³-hybridized carbons (Fsp3) is 0.364. The summed E-state index contributed by atoms with van der Waals surface area (Å²) in [7, 11) is 0. The first-order valence-corrected chi connectivity index (χ1v) is 5.29. The van der Waals surface area contributed by atoms with Gasteiger partial charge in [-0.25, -0.2) is 0 Å². The first-order valence-electron chi connectivity index (χ1n) is 4.84. The van der Waals surface area contributed by atoms with Gasteiger partial charge in [0.2, 0.25) is 0 Å². The highest BCUT2D eigenvalue weighted by Gasteiger charge is 2.24. The summed E-state index contributed by atoms with van der Waals surface area (Å²) in [5.74, 6) is -0.334. The monoisotopic (exact) mass is 241 g/mol. The van der Waals surface area contributed by atoms with Crippen molar-refractivity contribution in [3.63, 3.8) is 0 Å². The molecule has 0 aliphatic carbocycles. The van der Waals surface area contributed by atoms with Crippen LogP contribution in [0.4, 0.5) is 0 Å². The quantitative estimate of drug-likeness (QED) is 0.578. The highest BCUT2D eigenvalue weighted by Crippen LogP contribution is 2.09. The number of rotatable bonds is 4. The van der Waals surface area contributed by atoms with Crippen LogP contribution >= 0.6 is 12.6 Å². The first-order chi connectivity index (χ1) is 7.50. The third kappa shape index (κ3) is 3.23. The maximum atomic E-state index is 11.7. The second kappa shape index (κ2) is 5.34. The molecule has 0 radical (unpaired) electrons. The zero-order valence-electron chi connectivity index (χ0n) is 8.97. The van der Waals surface area contributed by atoms with Crippen LogP contribution in [0.15, 0.2) is 29.2 Å². The lowest BCUT2D eigenvalue weighted by molar-refractivity contribution is 0.0724. The third-order valence-corrected chi connectivity index (χ3v) is 2.54. The van der Waals surface area contributed by atoms with E-state index in [9.17, 15) is 4.79 Å². The Morgan fingerprint density at radius 1 is 1.31 bits per heavy atom. The largest absolute Gasteiger partial charge is 0.394 e. The average molecular weight is 241 g/mol. The normalized spacial score (nSPS) is 11.2. The van der Waals surface area contributed by atoms with E-state index in [0.717, 1.165) is 4.90 Å². The van der Waals surface area contributed by atoms with E-state index in [-0.39, 0.29) is 19.1 Å². The van der Waals surface area contributed by atoms with Gasteiger partial charge in [0, 0.05) is 10.5 Å². The number of carbonyl (C=O) groups excluding carboxylic acids is 1. The molecule has 1 amide bonds. The summed E-state index contributed by atoms with van der Waals surface area (Å²) in [4.78, 5) is 12.5. The zero-order valence-corrected chi connectivity index (χ0v) is 9.87. The Kier molecular flexibility index (Phi) is 4.35. The summed E-state index contributed by atoms with van der Waals surface area (Å²) in [6.07, 6.45) is 0. The van der Waals surface area contributed by atoms with Gasteiger partial charge in [-0.3, -0.25) is 4.79 Å². The molecule has 0 spiro atoms. The predicted molar refractivity (Wildman–Crippen MR) is 63.7 cm³/mol. The summed E-state index contributed by atoms with van der Waals surface area (Å²) in [6.45, 7) is 0.928. The van der Waals surface area contributed by atoms with Gasteiger partial charge in [0.1, 0.15) is 0 Å². The number of aliphatic hydroxyl groups excluding tert-OH is 2. The smallest absolute Gasteiger partial charge is 0.251 e. The topological polar surface area (TPSA) is 69.6 Å². The standard InChI is InChI=1S/C11H15NO3S/c1-11(6-13,7-14)12-10(15)8-2-4-9(16)5-3-8/h2-5,13-14,16H,6-7H2,1H3,(H,12,15). The highest BCUT2D eigenvalue weighted by atomic mass is 32.1. The van der Waals surface area contributed by atoms with Crippen molar-refractivity contribution in [2.24, 2.45) is 0 Å². The molecule has 1 aromatic rings. The van der Waals surface area contributed by atoms with Crippen LogP contribution in [0.1, 0.15) is 17.3 Å². The number of aliphatic hydroxyl groups is 2. The molecule has 1 aromatic carbocycles. The number of thiol groups is 1. The molecule has 0 aromatic heterocycles. The van der Waals surface area contributed by atoms with E-state index in [1.165, 1.54) is 0 Å². The van der Waals surface area contributed by atoms with E-state index in [2.05, 4.69) is 17.9 Å². The van der Waals surface area contributed by atoms with Crippen molar-refractivity contribution in [3.05, 3.63) is 29.8 Å². The zero-order chi connectivity index (χ0) is 12.2. The van der Waals surface area contributed by atoms with Crippen molar-refractivity contribution in [2.45, 2.75) is 17.4 Å². The van der Waals surface area contributed by atoms with Crippen LogP contribution in [0.5, 0.6) is 0 Å². The van der Waals surface area contributed by atoms with Crippen molar-refractivity contribution in [3.8, 4) is 0 Å². The third-order valence-electron chi connectivity index (χ3n) is 2.24. The number of benzene rings is 1. The lowest BCUT2D eigenvalue weighted by Crippen LogP contribution is -2.51. The Balaban J connectivity index is 2.76. The summed E-state index contributed by atoms with van der Waals surface area (Å²) in [5, 5.41) is 20.6. The number of hydrogen-bond donors (Lipinski definition) is 4. The molecule has 88 valence electrons. The Hall–Kier alpha value is -1.04. The van der Waals surface area contributed by atoms with Crippen molar-refractivity contribution in [1.82, 2.24) is 5.32 Å². The van der Waals surface area contributed by atoms with Crippen LogP contribution in [-0.4, -0.2) is 34.9 Å². The maximum Gasteiger partial charge on any atom is 0.251 e. The Bertz CT molecular complexity index is 360. The fourth-order valence-electron chi connectivity index (χ4n) is 1.09. The van der Waals surface area contributed by atoms with Crippen molar-refractivity contribution < 1.29 is 15.0 Å². The molecule has 0 bridgehead atoms. The second-order valence-corrected chi connectivity index (χ2v) is 4.39. The van der Waals surface area contributed by atoms with E-state index in [1.54, 1.807) is 31.2 Å². The molecule has 4 nitrogen and oxygen atoms in total. The van der Waals surface area contributed by atoms with E-state index in [4.69, 9.17) is 10.2 Å². The van der Waals surface area contributed by atoms with Gasteiger partial charge in [0.25, 0.3) is 5.91 Å². The van der Waals surface area contributed by atoms with E-state index in [1.807, 2.05) is 0 Å². The van der Waals surface area contributed by atoms with Gasteiger partial charge in [0.15, 0.2) is 0 Å². The van der Waals surface area contributed by atoms with Gasteiger partial charge in [-0.2, -0.15) is 0 Å². The molecule has 0 aliphatic heterocycles. The minimum atomic E-state index is -1.00. The van der Waals surface area contributed by atoms with Crippen LogP contribution in [-0.2, 0) is 0 Å². The van der Waals surface area contributed by atoms with Crippen molar-refractivity contribution in [2.75, 3.05) is 13.2 Å². The first kappa shape index (κ1) is 13.0. The maximum absolute atomic E-state index is 11.7. The molecule has 0 saturated carbocycles. The molecule has 0 unspecified atom stereocenters. The summed E-state index contributed by atoms with van der Waals surface area (Å²) in [6, 6.07) is 6.67. The van der Waals surface area contributed by atoms with Gasteiger partial charge in [0.05, 0.1) is 18.8 Å². The second-order valence-electron chi connectivity index (χ2n) is 3.88. The molecule has 0 heterocycles. The molecular weight excluding hydrogens is 226 g/mol. The Morgan fingerprint density at radius 2 is 1.81 bits per heavy atom. The van der Waals surface area contributed by atoms with Crippen LogP contribution in [0, 0.1) is 0 Å². The molecule has 0 atom stereocenters. The Labute approximate surface area is 99.7 Å². The summed E-state index contributed by atoms with van der Waals surface area (Å²) >= 11 is 4.11. The Morgan fingerprint density at radius 3 is 2.25 bits per heavy atom. The van der Waals surface area contributed by atoms with Crippen LogP contribution in [0.2, 0.25) is 0 Å². The van der Waals surface area contributed by atoms with Crippen molar-refractivity contribution in [1.29, 1.82) is 0 Å². The minimum Gasteiger partial charge on any atom is -0.394 e. The molecule has 0 aliphatic rings. The van der Waals surface area contributed by atoms with Gasteiger partial charge in [-0.05, 0) is 31.2 Å². The molecule has 0 fully saturated rings. The van der Waals surface area contributed by atoms with E-state index < -0.39 is 5.54 Å². The average Bonchev–Trinajstić information content (AvgIpc) is 2.29. The van der Waals surface area contributed by atoms with Crippen LogP contribution in [0.25, 0.3) is 0 Å². The molecule has 1 rings (SSSR count). The lowest BCUT2D eigenvalue weighted by atomic mass is 10.0. The molecular formula is C11H15NO3S. The van der Waals surface area contributed by atoms with Gasteiger partial charge >= 0.3 is 0 Å². The summed E-state index contributed by atoms with van der Waals surface area (Å²) < 4.78 is 0. The van der Waals surface area contributed by atoms with E-state index >= 15 is 0 Å². The SMILES string of the molecule is CC(CO)(CO)NC(=O)c1ccc(S)cc1. The minimum absolute atomic E-state index is 0.320. The lowest BCUT2D eigenvalue weighted by Gasteiger charge is -2.26. The number of hydrogen-bond acceptors (Lipinski definition) is 4. The summed E-state index contributed by atoms with van der Waals surface area (Å²) in [5.41, 5.74) is -0.539. The van der Waals surface area contributed by atoms with E-state index in [0.29, 0.717) is 5.56 Å². The number of amides is 1. The van der Waals surface area contributed by atoms with Gasteiger partial charge in [-0.15, -0.1) is 12.6 Å². The van der Waals surface area contributed by atoms with Gasteiger partial charge < -0.3 is 15.5 Å². The number of nitrogens with one attached hydrogen (secondary N) is 1. The van der Waals surface area contributed by atoms with Crippen LogP contribution < -0.4 is 5.32 Å². The molecule has 0 saturated heterocycles. The molecule has 16 heavy (non-hydrogen) atoms. The predicted octanol–water partition coefficient (Wildman–Crippen LogP) is 0.448. The number of carbonyl (C=O) groups is 1. The van der Waals surface area contributed by atoms with Gasteiger partial charge in [-0.1, -0.05) is 0 Å². The fourth-order valence-corrected chi connectivity index (χ4v) is 1.24. The van der Waals surface area contributed by atoms with Crippen LogP contribution in [0.3, 0.4) is 0 Å². The van der Waals surface area contributed by atoms with Crippen molar-refractivity contribution >= 4 is 18.5 Å².